The average Bonchev–Trinajstić information content (AvgIpc) is 2.83. The van der Waals surface area contributed by atoms with E-state index in [-0.39, 0.29) is 0 Å². The minimum atomic E-state index is -0.423. The van der Waals surface area contributed by atoms with Crippen LogP contribution in [0, 0.1) is 6.92 Å². The fourth-order valence-electron chi connectivity index (χ4n) is 1.95. The Hall–Kier alpha value is -2.20. The number of benzene rings is 2. The van der Waals surface area contributed by atoms with Gasteiger partial charge in [-0.15, -0.1) is 0 Å². The van der Waals surface area contributed by atoms with Gasteiger partial charge in [-0.2, -0.15) is 0 Å². The van der Waals surface area contributed by atoms with Crippen molar-refractivity contribution in [2.75, 3.05) is 0 Å². The highest BCUT2D eigenvalue weighted by Gasteiger charge is 2.23. The Kier molecular flexibility index (Phi) is 3.71. The first-order valence-corrected chi connectivity index (χ1v) is 7.26. The summed E-state index contributed by atoms with van der Waals surface area (Å²) in [5, 5.41) is 0. The molecular formula is C17H12BrNO2. The number of ether oxygens (including phenoxy) is 1. The van der Waals surface area contributed by atoms with Crippen molar-refractivity contribution in [2.24, 2.45) is 4.99 Å². The van der Waals surface area contributed by atoms with Gasteiger partial charge >= 0.3 is 5.97 Å². The first kappa shape index (κ1) is 13.8. The van der Waals surface area contributed by atoms with Crippen LogP contribution in [-0.4, -0.2) is 11.9 Å². The quantitative estimate of drug-likeness (QED) is 0.609. The first-order chi connectivity index (χ1) is 10.1. The Bertz CT molecular complexity index is 743. The van der Waals surface area contributed by atoms with Gasteiger partial charge in [0.1, 0.15) is 0 Å². The first-order valence-electron chi connectivity index (χ1n) is 6.47. The van der Waals surface area contributed by atoms with Crippen LogP contribution in [0.25, 0.3) is 6.08 Å². The van der Waals surface area contributed by atoms with Gasteiger partial charge in [-0.05, 0) is 42.8 Å². The fourth-order valence-corrected chi connectivity index (χ4v) is 2.21. The van der Waals surface area contributed by atoms with Crippen LogP contribution >= 0.6 is 15.9 Å². The van der Waals surface area contributed by atoms with Crippen molar-refractivity contribution in [2.45, 2.75) is 6.92 Å². The lowest BCUT2D eigenvalue weighted by molar-refractivity contribution is -0.129. The minimum Gasteiger partial charge on any atom is -0.402 e. The molecule has 21 heavy (non-hydrogen) atoms. The van der Waals surface area contributed by atoms with Crippen molar-refractivity contribution in [3.8, 4) is 0 Å². The van der Waals surface area contributed by atoms with E-state index in [4.69, 9.17) is 4.74 Å². The number of aliphatic imine (C=N–C) groups is 1. The van der Waals surface area contributed by atoms with Crippen molar-refractivity contribution in [1.82, 2.24) is 0 Å². The molecule has 2 aromatic carbocycles. The number of esters is 1. The number of aryl methyl sites for hydroxylation is 1. The minimum absolute atomic E-state index is 0.313. The molecule has 0 saturated heterocycles. The number of rotatable bonds is 2. The van der Waals surface area contributed by atoms with Crippen LogP contribution in [0.1, 0.15) is 16.7 Å². The van der Waals surface area contributed by atoms with E-state index in [0.29, 0.717) is 11.6 Å². The number of nitrogens with zero attached hydrogens (tertiary/aromatic N) is 1. The van der Waals surface area contributed by atoms with Gasteiger partial charge in [0.2, 0.25) is 5.90 Å². The summed E-state index contributed by atoms with van der Waals surface area (Å²) in [6.45, 7) is 2.01. The normalized spacial score (nSPS) is 16.0. The number of hydrogen-bond donors (Lipinski definition) is 0. The van der Waals surface area contributed by atoms with E-state index in [1.54, 1.807) is 6.08 Å². The topological polar surface area (TPSA) is 38.7 Å². The smallest absolute Gasteiger partial charge is 0.363 e. The second kappa shape index (κ2) is 5.66. The van der Waals surface area contributed by atoms with E-state index in [1.807, 2.05) is 55.5 Å². The molecule has 104 valence electrons. The number of cyclic esters (lactones) is 1. The van der Waals surface area contributed by atoms with Gasteiger partial charge in [0.25, 0.3) is 0 Å². The van der Waals surface area contributed by atoms with E-state index < -0.39 is 5.97 Å². The molecule has 0 unspecified atom stereocenters. The molecule has 3 nitrogen and oxygen atoms in total. The van der Waals surface area contributed by atoms with Crippen LogP contribution in [0.2, 0.25) is 0 Å². The highest BCUT2D eigenvalue weighted by molar-refractivity contribution is 9.10. The molecule has 0 fully saturated rings. The van der Waals surface area contributed by atoms with Crippen LogP contribution in [0.5, 0.6) is 0 Å². The lowest BCUT2D eigenvalue weighted by atomic mass is 10.1. The molecule has 0 N–H and O–H groups in total. The van der Waals surface area contributed by atoms with Crippen molar-refractivity contribution >= 4 is 33.9 Å². The third kappa shape index (κ3) is 3.11. The summed E-state index contributed by atoms with van der Waals surface area (Å²) in [4.78, 5) is 16.2. The fraction of sp³-hybridized carbons (Fsp3) is 0.0588. The Morgan fingerprint density at radius 2 is 1.71 bits per heavy atom. The molecule has 0 spiro atoms. The van der Waals surface area contributed by atoms with Gasteiger partial charge in [0, 0.05) is 10.0 Å². The number of carbonyl (C=O) groups is 1. The van der Waals surface area contributed by atoms with E-state index in [1.165, 1.54) is 0 Å². The van der Waals surface area contributed by atoms with Crippen LogP contribution < -0.4 is 0 Å². The highest BCUT2D eigenvalue weighted by atomic mass is 79.9. The molecule has 0 radical (unpaired) electrons. The highest BCUT2D eigenvalue weighted by Crippen LogP contribution is 2.20. The van der Waals surface area contributed by atoms with Gasteiger partial charge in [0.05, 0.1) is 0 Å². The summed E-state index contributed by atoms with van der Waals surface area (Å²) in [7, 11) is 0. The third-order valence-electron chi connectivity index (χ3n) is 3.09. The standard InChI is InChI=1S/C17H12BrNO2/c1-11-2-6-13(7-3-11)16-19-15(17(20)21-16)10-12-4-8-14(18)9-5-12/h2-10H,1H3/b15-10-. The zero-order valence-corrected chi connectivity index (χ0v) is 12.9. The summed E-state index contributed by atoms with van der Waals surface area (Å²) in [5.74, 6) is -0.0724. The zero-order chi connectivity index (χ0) is 14.8. The maximum Gasteiger partial charge on any atom is 0.363 e. The van der Waals surface area contributed by atoms with Crippen LogP contribution in [0.15, 0.2) is 63.7 Å². The summed E-state index contributed by atoms with van der Waals surface area (Å²) < 4.78 is 6.22. The number of halogens is 1. The summed E-state index contributed by atoms with van der Waals surface area (Å²) in [6.07, 6.45) is 1.72. The Morgan fingerprint density at radius 1 is 1.05 bits per heavy atom. The Labute approximate surface area is 131 Å². The second-order valence-electron chi connectivity index (χ2n) is 4.75. The molecule has 0 bridgehead atoms. The number of carbonyl (C=O) groups excluding carboxylic acids is 1. The van der Waals surface area contributed by atoms with Crippen molar-refractivity contribution in [1.29, 1.82) is 0 Å². The molecule has 0 atom stereocenters. The van der Waals surface area contributed by atoms with E-state index in [2.05, 4.69) is 20.9 Å². The maximum atomic E-state index is 11.9. The molecule has 1 aliphatic rings. The second-order valence-corrected chi connectivity index (χ2v) is 5.67. The predicted octanol–water partition coefficient (Wildman–Crippen LogP) is 4.10. The molecule has 0 aromatic heterocycles. The van der Waals surface area contributed by atoms with Crippen molar-refractivity contribution in [3.63, 3.8) is 0 Å². The van der Waals surface area contributed by atoms with Crippen LogP contribution in [0.4, 0.5) is 0 Å². The molecule has 1 aliphatic heterocycles. The van der Waals surface area contributed by atoms with Gasteiger partial charge in [-0.25, -0.2) is 9.79 Å². The van der Waals surface area contributed by atoms with E-state index >= 15 is 0 Å². The molecule has 0 aliphatic carbocycles. The number of hydrogen-bond acceptors (Lipinski definition) is 3. The SMILES string of the molecule is Cc1ccc(C2=N/C(=C\c3ccc(Br)cc3)C(=O)O2)cc1. The van der Waals surface area contributed by atoms with Gasteiger partial charge < -0.3 is 4.74 Å². The van der Waals surface area contributed by atoms with Crippen molar-refractivity contribution in [3.05, 3.63) is 75.4 Å². The Morgan fingerprint density at radius 3 is 2.38 bits per heavy atom. The van der Waals surface area contributed by atoms with E-state index in [9.17, 15) is 4.79 Å². The van der Waals surface area contributed by atoms with Crippen LogP contribution in [-0.2, 0) is 9.53 Å². The monoisotopic (exact) mass is 341 g/mol. The third-order valence-corrected chi connectivity index (χ3v) is 3.62. The molecule has 3 rings (SSSR count). The lowest BCUT2D eigenvalue weighted by Gasteiger charge is -1.99. The largest absolute Gasteiger partial charge is 0.402 e. The summed E-state index contributed by atoms with van der Waals surface area (Å²) in [6, 6.07) is 15.3. The lowest BCUT2D eigenvalue weighted by Crippen LogP contribution is -2.05. The maximum absolute atomic E-state index is 11.9. The molecule has 1 heterocycles. The predicted molar refractivity (Wildman–Crippen MR) is 85.9 cm³/mol. The van der Waals surface area contributed by atoms with Gasteiger partial charge in [0.15, 0.2) is 5.70 Å². The average molecular weight is 342 g/mol. The molecule has 2 aromatic rings. The molecule has 0 amide bonds. The summed E-state index contributed by atoms with van der Waals surface area (Å²) >= 11 is 3.38. The van der Waals surface area contributed by atoms with Crippen LogP contribution in [0.3, 0.4) is 0 Å². The van der Waals surface area contributed by atoms with Gasteiger partial charge in [-0.3, -0.25) is 0 Å². The molecule has 0 saturated carbocycles. The zero-order valence-electron chi connectivity index (χ0n) is 11.3. The molecular weight excluding hydrogens is 330 g/mol. The molecule has 4 heteroatoms. The Balaban J connectivity index is 1.91. The van der Waals surface area contributed by atoms with E-state index in [0.717, 1.165) is 21.2 Å². The van der Waals surface area contributed by atoms with Gasteiger partial charge in [-0.1, -0.05) is 45.8 Å². The van der Waals surface area contributed by atoms with Crippen molar-refractivity contribution < 1.29 is 9.53 Å². The summed E-state index contributed by atoms with van der Waals surface area (Å²) in [5.41, 5.74) is 3.16.